The number of carbonyl (C=O) groups is 2. The van der Waals surface area contributed by atoms with Gasteiger partial charge < -0.3 is 34.8 Å². The molecule has 42 heavy (non-hydrogen) atoms. The molecule has 15 heteroatoms. The van der Waals surface area contributed by atoms with Gasteiger partial charge in [-0.2, -0.15) is 0 Å². The molecule has 1 heterocycles. The molecule has 4 rings (SSSR count). The number of aliphatic carboxylic acids is 2. The molecule has 0 bridgehead atoms. The summed E-state index contributed by atoms with van der Waals surface area (Å²) in [5.74, 6) is -6.97. The third kappa shape index (κ3) is 6.21. The fourth-order valence-corrected chi connectivity index (χ4v) is 4.31. The Balaban J connectivity index is 1.53. The average Bonchev–Trinajstić information content (AvgIpc) is 3.37. The highest BCUT2D eigenvalue weighted by Crippen LogP contribution is 2.48. The number of carboxylic acid groups (broad SMARTS) is 2. The van der Waals surface area contributed by atoms with E-state index in [1.807, 2.05) is 0 Å². The molecule has 0 fully saturated rings. The second-order valence-electron chi connectivity index (χ2n) is 9.40. The predicted octanol–water partition coefficient (Wildman–Crippen LogP) is 2.77. The Morgan fingerprint density at radius 2 is 1.62 bits per heavy atom. The highest BCUT2D eigenvalue weighted by Gasteiger charge is 2.58. The van der Waals surface area contributed by atoms with E-state index in [1.165, 1.54) is 54.6 Å². The number of nitrogens with zero attached hydrogens (tertiary/aromatic N) is 2. The first kappa shape index (κ1) is 29.7. The van der Waals surface area contributed by atoms with Crippen LogP contribution in [0.5, 0.6) is 17.2 Å². The lowest BCUT2D eigenvalue weighted by atomic mass is 9.93. The van der Waals surface area contributed by atoms with Crippen LogP contribution in [-0.2, 0) is 16.0 Å². The van der Waals surface area contributed by atoms with Crippen LogP contribution in [0, 0.1) is 20.2 Å². The van der Waals surface area contributed by atoms with E-state index in [1.54, 1.807) is 13.0 Å². The number of non-ortho nitro benzene ring substituents is 2. The number of aliphatic hydroxyl groups is 1. The average molecular weight is 584 g/mol. The lowest BCUT2D eigenvalue weighted by Crippen LogP contribution is -2.54. The van der Waals surface area contributed by atoms with E-state index in [-0.39, 0.29) is 65.4 Å². The smallest absolute Gasteiger partial charge is 0.453 e. The topological polar surface area (TPSA) is 221 Å². The molecule has 0 saturated carbocycles. The Labute approximate surface area is 237 Å². The number of nitro benzene ring substituents is 2. The van der Waals surface area contributed by atoms with E-state index in [0.717, 1.165) is 0 Å². The molecule has 0 spiro atoms. The van der Waals surface area contributed by atoms with Crippen molar-refractivity contribution in [3.8, 4) is 28.4 Å². The van der Waals surface area contributed by atoms with Crippen molar-refractivity contribution < 1.29 is 49.0 Å². The van der Waals surface area contributed by atoms with E-state index in [9.17, 15) is 45.1 Å². The summed E-state index contributed by atoms with van der Waals surface area (Å²) in [6.07, 6.45) is -0.758. The van der Waals surface area contributed by atoms with Crippen LogP contribution < -0.4 is 19.5 Å². The van der Waals surface area contributed by atoms with Crippen LogP contribution in [0.3, 0.4) is 0 Å². The highest BCUT2D eigenvalue weighted by atomic mass is 16.8. The molecule has 2 atom stereocenters. The van der Waals surface area contributed by atoms with E-state index >= 15 is 0 Å². The van der Waals surface area contributed by atoms with Crippen molar-refractivity contribution in [2.45, 2.75) is 31.3 Å². The van der Waals surface area contributed by atoms with Gasteiger partial charge in [-0.1, -0.05) is 24.3 Å². The lowest BCUT2D eigenvalue weighted by Gasteiger charge is -2.20. The molecular formula is C27H25N3O12. The summed E-state index contributed by atoms with van der Waals surface area (Å²) >= 11 is 0. The summed E-state index contributed by atoms with van der Waals surface area (Å²) in [5, 5.41) is 55.0. The summed E-state index contributed by atoms with van der Waals surface area (Å²) in [6, 6.07) is 13.6. The van der Waals surface area contributed by atoms with E-state index in [0.29, 0.717) is 5.56 Å². The molecular weight excluding hydrogens is 558 g/mol. The van der Waals surface area contributed by atoms with Crippen LogP contribution in [-0.4, -0.2) is 68.2 Å². The molecule has 1 aliphatic heterocycles. The Kier molecular flexibility index (Phi) is 8.54. The van der Waals surface area contributed by atoms with Crippen LogP contribution in [0.1, 0.15) is 12.5 Å². The van der Waals surface area contributed by atoms with Crippen LogP contribution in [0.4, 0.5) is 11.4 Å². The molecule has 1 aliphatic rings. The zero-order valence-electron chi connectivity index (χ0n) is 22.0. The lowest BCUT2D eigenvalue weighted by molar-refractivity contribution is -0.385. The van der Waals surface area contributed by atoms with Crippen LogP contribution >= 0.6 is 0 Å². The first-order valence-electron chi connectivity index (χ1n) is 12.5. The Hall–Kier alpha value is -5.28. The largest absolute Gasteiger partial charge is 0.491 e. The number of rotatable bonds is 13. The van der Waals surface area contributed by atoms with E-state index in [2.05, 4.69) is 5.32 Å². The van der Waals surface area contributed by atoms with Gasteiger partial charge in [-0.3, -0.25) is 20.2 Å². The molecule has 0 aromatic heterocycles. The Morgan fingerprint density at radius 1 is 0.976 bits per heavy atom. The number of hydrogen-bond donors (Lipinski definition) is 4. The number of hydrogen-bond acceptors (Lipinski definition) is 11. The van der Waals surface area contributed by atoms with Gasteiger partial charge >= 0.3 is 17.7 Å². The van der Waals surface area contributed by atoms with Gasteiger partial charge in [-0.05, 0) is 36.6 Å². The number of nitro groups is 2. The summed E-state index contributed by atoms with van der Waals surface area (Å²) in [6.45, 7) is 1.69. The maximum Gasteiger partial charge on any atom is 0.453 e. The number of ether oxygens (including phenoxy) is 3. The van der Waals surface area contributed by atoms with Crippen molar-refractivity contribution in [1.29, 1.82) is 0 Å². The van der Waals surface area contributed by atoms with Gasteiger partial charge in [0.05, 0.1) is 15.9 Å². The minimum absolute atomic E-state index is 0.0634. The molecule has 4 N–H and O–H groups in total. The van der Waals surface area contributed by atoms with Crippen LogP contribution in [0.25, 0.3) is 11.1 Å². The second kappa shape index (κ2) is 12.1. The number of fused-ring (bicyclic) bond motifs is 1. The van der Waals surface area contributed by atoms with Gasteiger partial charge in [0.15, 0.2) is 11.5 Å². The first-order chi connectivity index (χ1) is 19.9. The number of nitrogens with one attached hydrogen (secondary N) is 1. The van der Waals surface area contributed by atoms with E-state index < -0.39 is 33.7 Å². The van der Waals surface area contributed by atoms with Crippen LogP contribution in [0.15, 0.2) is 60.7 Å². The molecule has 0 amide bonds. The van der Waals surface area contributed by atoms with Gasteiger partial charge in [-0.15, -0.1) is 0 Å². The molecule has 220 valence electrons. The fourth-order valence-electron chi connectivity index (χ4n) is 4.31. The fraction of sp³-hybridized carbons (Fsp3) is 0.259. The highest BCUT2D eigenvalue weighted by molar-refractivity contribution is 6.02. The van der Waals surface area contributed by atoms with Gasteiger partial charge in [-0.25, -0.2) is 9.59 Å². The second-order valence-corrected chi connectivity index (χ2v) is 9.40. The normalized spacial score (nSPS) is 14.5. The summed E-state index contributed by atoms with van der Waals surface area (Å²) in [5.41, 5.74) is 0.594. The molecule has 3 aromatic rings. The van der Waals surface area contributed by atoms with Crippen molar-refractivity contribution in [2.75, 3.05) is 13.2 Å². The summed E-state index contributed by atoms with van der Waals surface area (Å²) < 4.78 is 16.1. The Bertz CT molecular complexity index is 1530. The van der Waals surface area contributed by atoms with Gasteiger partial charge in [0.1, 0.15) is 18.5 Å². The Morgan fingerprint density at radius 3 is 2.26 bits per heavy atom. The third-order valence-corrected chi connectivity index (χ3v) is 6.31. The van der Waals surface area contributed by atoms with E-state index in [4.69, 9.17) is 14.2 Å². The van der Waals surface area contributed by atoms with Crippen molar-refractivity contribution in [1.82, 2.24) is 5.32 Å². The minimum Gasteiger partial charge on any atom is -0.491 e. The van der Waals surface area contributed by atoms with Crippen LogP contribution in [0.2, 0.25) is 0 Å². The number of carboxylic acids is 2. The zero-order valence-corrected chi connectivity index (χ0v) is 22.0. The molecule has 3 aromatic carbocycles. The molecule has 0 saturated heterocycles. The standard InChI is InChI=1S/C27H25N3O12/c1-15(28-13-20(31)14-40-21-7-3-6-19(12-21)30(38)39)10-17-8-9-22-24(42-27(41-22,25(32)33)26(34)35)23(17)16-4-2-5-18(11-16)29(36)37/h2-9,11-12,15,20,28,31H,10,13-14H2,1H3,(H,32,33)(H,34,35). The van der Waals surface area contributed by atoms with Crippen molar-refractivity contribution >= 4 is 23.3 Å². The van der Waals surface area contributed by atoms with Crippen molar-refractivity contribution in [2.24, 2.45) is 0 Å². The zero-order chi connectivity index (χ0) is 30.6. The van der Waals surface area contributed by atoms with Gasteiger partial charge in [0, 0.05) is 36.3 Å². The van der Waals surface area contributed by atoms with Crippen molar-refractivity contribution in [3.63, 3.8) is 0 Å². The SMILES string of the molecule is CC(Cc1ccc2c(c1-c1cccc([N+](=O)[O-])c1)OC(C(=O)O)(C(=O)O)O2)NCC(O)COc1cccc([N+](=O)[O-])c1. The molecule has 15 nitrogen and oxygen atoms in total. The molecule has 0 radical (unpaired) electrons. The number of aliphatic hydroxyl groups excluding tert-OH is 1. The summed E-state index contributed by atoms with van der Waals surface area (Å²) in [4.78, 5) is 44.8. The van der Waals surface area contributed by atoms with Gasteiger partial charge in [0.25, 0.3) is 11.4 Å². The first-order valence-corrected chi connectivity index (χ1v) is 12.5. The third-order valence-electron chi connectivity index (χ3n) is 6.31. The predicted molar refractivity (Wildman–Crippen MR) is 144 cm³/mol. The maximum absolute atomic E-state index is 11.8. The quantitative estimate of drug-likeness (QED) is 0.129. The summed E-state index contributed by atoms with van der Waals surface area (Å²) in [7, 11) is 0. The molecule has 0 aliphatic carbocycles. The monoisotopic (exact) mass is 583 g/mol. The molecule has 2 unspecified atom stereocenters. The minimum atomic E-state index is -3.04. The van der Waals surface area contributed by atoms with Gasteiger partial charge in [0.2, 0.25) is 0 Å². The maximum atomic E-state index is 11.8. The van der Waals surface area contributed by atoms with Crippen molar-refractivity contribution in [3.05, 3.63) is 86.5 Å². The number of benzene rings is 3.